The van der Waals surface area contributed by atoms with E-state index in [1.54, 1.807) is 0 Å². The molecule has 88 valence electrons. The van der Waals surface area contributed by atoms with Crippen molar-refractivity contribution in [3.05, 3.63) is 39.9 Å². The van der Waals surface area contributed by atoms with Crippen LogP contribution in [-0.2, 0) is 5.60 Å². The van der Waals surface area contributed by atoms with Crippen LogP contribution in [-0.4, -0.2) is 9.97 Å². The van der Waals surface area contributed by atoms with Gasteiger partial charge in [-0.2, -0.15) is 0 Å². The van der Waals surface area contributed by atoms with Gasteiger partial charge >= 0.3 is 5.69 Å². The van der Waals surface area contributed by atoms with Crippen molar-refractivity contribution in [3.63, 3.8) is 0 Å². The van der Waals surface area contributed by atoms with Crippen LogP contribution in [0.4, 0.5) is 0 Å². The van der Waals surface area contributed by atoms with Crippen molar-refractivity contribution in [2.45, 2.75) is 26.4 Å². The minimum Gasteiger partial charge on any atom is -0.481 e. The third-order valence-electron chi connectivity index (χ3n) is 3.10. The molecule has 2 N–H and O–H groups in total. The van der Waals surface area contributed by atoms with Gasteiger partial charge in [0.05, 0.1) is 11.4 Å². The van der Waals surface area contributed by atoms with E-state index >= 15 is 0 Å². The molecule has 0 bridgehead atoms. The summed E-state index contributed by atoms with van der Waals surface area (Å²) < 4.78 is 5.92. The molecule has 0 atom stereocenters. The van der Waals surface area contributed by atoms with E-state index in [0.717, 1.165) is 28.3 Å². The summed E-state index contributed by atoms with van der Waals surface area (Å²) in [5.41, 5.74) is 3.01. The molecule has 3 rings (SSSR count). The highest BCUT2D eigenvalue weighted by atomic mass is 16.5. The smallest absolute Gasteiger partial charge is 0.323 e. The normalized spacial score (nSPS) is 15.9. The van der Waals surface area contributed by atoms with Crippen LogP contribution in [0.3, 0.4) is 0 Å². The van der Waals surface area contributed by atoms with Gasteiger partial charge in [0.1, 0.15) is 11.4 Å². The first-order valence-electron chi connectivity index (χ1n) is 5.60. The van der Waals surface area contributed by atoms with Crippen molar-refractivity contribution in [1.29, 1.82) is 0 Å². The quantitative estimate of drug-likeness (QED) is 0.729. The van der Waals surface area contributed by atoms with Gasteiger partial charge in [-0.05, 0) is 32.9 Å². The molecular weight excluding hydrogens is 216 g/mol. The molecule has 0 unspecified atom stereocenters. The first kappa shape index (κ1) is 10.2. The van der Waals surface area contributed by atoms with Gasteiger partial charge in [0.15, 0.2) is 0 Å². The van der Waals surface area contributed by atoms with Crippen LogP contribution in [0.5, 0.6) is 5.75 Å². The zero-order valence-electron chi connectivity index (χ0n) is 10.0. The summed E-state index contributed by atoms with van der Waals surface area (Å²) in [5.74, 6) is 0.809. The Morgan fingerprint density at radius 2 is 2.00 bits per heavy atom. The molecule has 0 spiro atoms. The fourth-order valence-electron chi connectivity index (χ4n) is 2.29. The molecule has 0 fully saturated rings. The molecular formula is C13H14N2O2. The zero-order chi connectivity index (χ0) is 12.2. The number of hydrogen-bond donors (Lipinski definition) is 2. The van der Waals surface area contributed by atoms with E-state index in [1.165, 1.54) is 0 Å². The predicted octanol–water partition coefficient (Wildman–Crippen LogP) is 2.31. The maximum absolute atomic E-state index is 11.5. The van der Waals surface area contributed by atoms with Gasteiger partial charge in [-0.15, -0.1) is 0 Å². The van der Waals surface area contributed by atoms with Gasteiger partial charge < -0.3 is 14.7 Å². The molecule has 4 nitrogen and oxygen atoms in total. The molecule has 0 radical (unpaired) electrons. The van der Waals surface area contributed by atoms with Gasteiger partial charge in [-0.1, -0.05) is 11.6 Å². The lowest BCUT2D eigenvalue weighted by atomic mass is 9.94. The minimum absolute atomic E-state index is 0.193. The Hall–Kier alpha value is -1.97. The van der Waals surface area contributed by atoms with Gasteiger partial charge in [0.2, 0.25) is 0 Å². The molecule has 2 heterocycles. The van der Waals surface area contributed by atoms with Crippen LogP contribution in [0, 0.1) is 6.92 Å². The van der Waals surface area contributed by atoms with E-state index in [0.29, 0.717) is 0 Å². The average molecular weight is 230 g/mol. The second-order valence-corrected chi connectivity index (χ2v) is 4.94. The number of H-pyrrole nitrogens is 2. The van der Waals surface area contributed by atoms with E-state index in [9.17, 15) is 4.79 Å². The summed E-state index contributed by atoms with van der Waals surface area (Å²) >= 11 is 0. The first-order chi connectivity index (χ1) is 7.97. The predicted molar refractivity (Wildman–Crippen MR) is 65.2 cm³/mol. The Morgan fingerprint density at radius 3 is 2.76 bits per heavy atom. The molecule has 0 amide bonds. The third-order valence-corrected chi connectivity index (χ3v) is 3.10. The third kappa shape index (κ3) is 1.40. The Bertz CT molecular complexity index is 650. The van der Waals surface area contributed by atoms with E-state index in [4.69, 9.17) is 4.74 Å². The van der Waals surface area contributed by atoms with Crippen LogP contribution in [0.1, 0.15) is 25.1 Å². The zero-order valence-corrected chi connectivity index (χ0v) is 10.0. The number of aromatic nitrogens is 2. The van der Waals surface area contributed by atoms with Crippen molar-refractivity contribution >= 4 is 0 Å². The molecule has 0 aliphatic carbocycles. The van der Waals surface area contributed by atoms with Gasteiger partial charge in [-0.3, -0.25) is 0 Å². The topological polar surface area (TPSA) is 57.9 Å². The van der Waals surface area contributed by atoms with Crippen LogP contribution in [0.25, 0.3) is 11.3 Å². The van der Waals surface area contributed by atoms with Crippen molar-refractivity contribution in [2.24, 2.45) is 0 Å². The van der Waals surface area contributed by atoms with Crippen LogP contribution in [0.2, 0.25) is 0 Å². The Labute approximate surface area is 98.6 Å². The molecule has 2 aromatic rings. The summed E-state index contributed by atoms with van der Waals surface area (Å²) in [4.78, 5) is 17.1. The Morgan fingerprint density at radius 1 is 1.24 bits per heavy atom. The minimum atomic E-state index is -0.517. The van der Waals surface area contributed by atoms with Crippen LogP contribution >= 0.6 is 0 Å². The summed E-state index contributed by atoms with van der Waals surface area (Å²) in [6.07, 6.45) is 0. The SMILES string of the molecule is Cc1ccc2c(c1)-c1[nH]c(=O)[nH]c1C(C)(C)O2. The second-order valence-electron chi connectivity index (χ2n) is 4.94. The number of imidazole rings is 1. The molecule has 1 aromatic carbocycles. The van der Waals surface area contributed by atoms with Crippen molar-refractivity contribution in [3.8, 4) is 17.0 Å². The lowest BCUT2D eigenvalue weighted by Crippen LogP contribution is -2.29. The highest BCUT2D eigenvalue weighted by molar-refractivity contribution is 5.72. The number of aryl methyl sites for hydroxylation is 1. The summed E-state index contributed by atoms with van der Waals surface area (Å²) in [5, 5.41) is 0. The highest BCUT2D eigenvalue weighted by Crippen LogP contribution is 2.42. The number of nitrogens with one attached hydrogen (secondary N) is 2. The number of fused-ring (bicyclic) bond motifs is 3. The fraction of sp³-hybridized carbons (Fsp3) is 0.308. The molecule has 1 aliphatic rings. The van der Waals surface area contributed by atoms with Gasteiger partial charge in [0, 0.05) is 5.56 Å². The number of aromatic amines is 2. The molecule has 1 aromatic heterocycles. The summed E-state index contributed by atoms with van der Waals surface area (Å²) in [6, 6.07) is 5.97. The number of ether oxygens (including phenoxy) is 1. The Kier molecular flexibility index (Phi) is 1.82. The van der Waals surface area contributed by atoms with E-state index in [2.05, 4.69) is 9.97 Å². The van der Waals surface area contributed by atoms with Crippen LogP contribution in [0.15, 0.2) is 23.0 Å². The molecule has 17 heavy (non-hydrogen) atoms. The van der Waals surface area contributed by atoms with E-state index < -0.39 is 5.60 Å². The maximum atomic E-state index is 11.5. The summed E-state index contributed by atoms with van der Waals surface area (Å²) in [7, 11) is 0. The molecule has 0 saturated carbocycles. The highest BCUT2D eigenvalue weighted by Gasteiger charge is 2.34. The second kappa shape index (κ2) is 3.03. The van der Waals surface area contributed by atoms with E-state index in [-0.39, 0.29) is 5.69 Å². The van der Waals surface area contributed by atoms with Crippen molar-refractivity contribution in [2.75, 3.05) is 0 Å². The number of benzene rings is 1. The number of hydrogen-bond acceptors (Lipinski definition) is 2. The standard InChI is InChI=1S/C13H14N2O2/c1-7-4-5-9-8(6-7)10-11(13(2,3)17-9)15-12(16)14-10/h4-6H,1-3H3,(H2,14,15,16). The molecule has 0 saturated heterocycles. The first-order valence-corrected chi connectivity index (χ1v) is 5.60. The largest absolute Gasteiger partial charge is 0.481 e. The average Bonchev–Trinajstić information content (AvgIpc) is 2.63. The molecule has 4 heteroatoms. The lowest BCUT2D eigenvalue weighted by Gasteiger charge is -2.32. The fourth-order valence-corrected chi connectivity index (χ4v) is 2.29. The van der Waals surface area contributed by atoms with Crippen LogP contribution < -0.4 is 10.4 Å². The maximum Gasteiger partial charge on any atom is 0.323 e. The van der Waals surface area contributed by atoms with Crippen molar-refractivity contribution in [1.82, 2.24) is 9.97 Å². The van der Waals surface area contributed by atoms with Gasteiger partial charge in [-0.25, -0.2) is 4.79 Å². The van der Waals surface area contributed by atoms with Gasteiger partial charge in [0.25, 0.3) is 0 Å². The number of rotatable bonds is 0. The molecule has 1 aliphatic heterocycles. The summed E-state index contributed by atoms with van der Waals surface area (Å²) in [6.45, 7) is 5.90. The monoisotopic (exact) mass is 230 g/mol. The van der Waals surface area contributed by atoms with Crippen molar-refractivity contribution < 1.29 is 4.74 Å². The van der Waals surface area contributed by atoms with E-state index in [1.807, 2.05) is 39.0 Å². The lowest BCUT2D eigenvalue weighted by molar-refractivity contribution is 0.101. The Balaban J connectivity index is 2.36.